The van der Waals surface area contributed by atoms with Crippen LogP contribution in [-0.4, -0.2) is 29.6 Å². The number of amides is 2. The highest BCUT2D eigenvalue weighted by Gasteiger charge is 2.35. The number of rotatable bonds is 6. The monoisotopic (exact) mass is 441 g/mol. The van der Waals surface area contributed by atoms with Gasteiger partial charge in [0.2, 0.25) is 5.91 Å². The summed E-state index contributed by atoms with van der Waals surface area (Å²) < 4.78 is 0. The van der Waals surface area contributed by atoms with Gasteiger partial charge in [0.25, 0.3) is 5.91 Å². The van der Waals surface area contributed by atoms with Gasteiger partial charge in [-0.1, -0.05) is 90.5 Å². The number of aryl methyl sites for hydroxylation is 1. The van der Waals surface area contributed by atoms with E-state index in [4.69, 9.17) is 5.41 Å². The molecule has 2 fully saturated rings. The van der Waals surface area contributed by atoms with Gasteiger partial charge < -0.3 is 10.6 Å². The Bertz CT molecular complexity index is 771. The molecule has 0 saturated heterocycles. The van der Waals surface area contributed by atoms with Gasteiger partial charge in [-0.3, -0.25) is 15.0 Å². The van der Waals surface area contributed by atoms with Gasteiger partial charge in [-0.25, -0.2) is 0 Å². The van der Waals surface area contributed by atoms with Crippen LogP contribution in [0.2, 0.25) is 0 Å². The second kappa shape index (κ2) is 12.2. The first kappa shape index (κ1) is 26.1. The normalized spacial score (nSPS) is 17.9. The standard InChI is InChI=1S/C19H27N3O2.C8H16/c1-12-8-5-6-11-14(12)15(20)17(23)22-16(19(2,3)4)18(24)21-13-9-7-10-13;1-2-8-6-4-3-5-7-8/h5-6,8,11,13,16,20H,7,9-10H2,1-4H3,(H,21,24)(H,22,23);8H,2-7H2,1H3. The van der Waals surface area contributed by atoms with Gasteiger partial charge in [-0.05, 0) is 43.1 Å². The van der Waals surface area contributed by atoms with Crippen LogP contribution >= 0.6 is 0 Å². The molecular weight excluding hydrogens is 398 g/mol. The van der Waals surface area contributed by atoms with Crippen molar-refractivity contribution in [3.05, 3.63) is 35.4 Å². The average molecular weight is 442 g/mol. The molecule has 1 unspecified atom stereocenters. The zero-order valence-electron chi connectivity index (χ0n) is 20.7. The van der Waals surface area contributed by atoms with Crippen molar-refractivity contribution in [2.45, 2.75) is 104 Å². The molecule has 0 aromatic heterocycles. The maximum absolute atomic E-state index is 12.6. The fraction of sp³-hybridized carbons (Fsp3) is 0.667. The summed E-state index contributed by atoms with van der Waals surface area (Å²) in [5.74, 6) is 0.398. The Morgan fingerprint density at radius 3 is 2.12 bits per heavy atom. The van der Waals surface area contributed by atoms with Crippen LogP contribution in [0.4, 0.5) is 0 Å². The van der Waals surface area contributed by atoms with E-state index in [2.05, 4.69) is 17.6 Å². The number of hydrogen-bond acceptors (Lipinski definition) is 3. The lowest BCUT2D eigenvalue weighted by atomic mass is 9.84. The van der Waals surface area contributed by atoms with Gasteiger partial charge in [-0.2, -0.15) is 0 Å². The number of hydrogen-bond donors (Lipinski definition) is 3. The molecule has 178 valence electrons. The van der Waals surface area contributed by atoms with Crippen molar-refractivity contribution in [2.75, 3.05) is 0 Å². The van der Waals surface area contributed by atoms with E-state index >= 15 is 0 Å². The van der Waals surface area contributed by atoms with Gasteiger partial charge in [0, 0.05) is 11.6 Å². The third-order valence-electron chi connectivity index (χ3n) is 6.80. The van der Waals surface area contributed by atoms with Crippen molar-refractivity contribution in [2.24, 2.45) is 11.3 Å². The van der Waals surface area contributed by atoms with E-state index in [1.54, 1.807) is 12.1 Å². The van der Waals surface area contributed by atoms with E-state index in [0.29, 0.717) is 5.56 Å². The molecule has 0 aliphatic heterocycles. The van der Waals surface area contributed by atoms with E-state index in [0.717, 1.165) is 30.7 Å². The summed E-state index contributed by atoms with van der Waals surface area (Å²) in [6.07, 6.45) is 12.1. The van der Waals surface area contributed by atoms with Gasteiger partial charge in [0.15, 0.2) is 0 Å². The molecule has 3 N–H and O–H groups in total. The van der Waals surface area contributed by atoms with Crippen LogP contribution in [0.15, 0.2) is 24.3 Å². The third kappa shape index (κ3) is 7.75. The highest BCUT2D eigenvalue weighted by atomic mass is 16.2. The molecule has 2 amide bonds. The first-order valence-corrected chi connectivity index (χ1v) is 12.4. The molecule has 1 atom stereocenters. The topological polar surface area (TPSA) is 82.1 Å². The van der Waals surface area contributed by atoms with Crippen LogP contribution in [0, 0.1) is 23.7 Å². The Hall–Kier alpha value is -2.17. The van der Waals surface area contributed by atoms with E-state index in [9.17, 15) is 9.59 Å². The molecule has 0 bridgehead atoms. The lowest BCUT2D eigenvalue weighted by Crippen LogP contribution is -2.57. The maximum Gasteiger partial charge on any atom is 0.270 e. The third-order valence-corrected chi connectivity index (χ3v) is 6.80. The molecule has 0 radical (unpaired) electrons. The predicted molar refractivity (Wildman–Crippen MR) is 132 cm³/mol. The number of carbonyl (C=O) groups excluding carboxylic acids is 2. The second-order valence-electron chi connectivity index (χ2n) is 10.5. The molecule has 1 aromatic rings. The van der Waals surface area contributed by atoms with Crippen molar-refractivity contribution in [1.29, 1.82) is 5.41 Å². The van der Waals surface area contributed by atoms with Gasteiger partial charge in [0.05, 0.1) is 0 Å². The van der Waals surface area contributed by atoms with Gasteiger partial charge in [0.1, 0.15) is 11.8 Å². The number of carbonyl (C=O) groups is 2. The number of nitrogens with one attached hydrogen (secondary N) is 3. The molecular formula is C27H43N3O2. The Kier molecular flexibility index (Phi) is 9.92. The summed E-state index contributed by atoms with van der Waals surface area (Å²) in [7, 11) is 0. The van der Waals surface area contributed by atoms with E-state index in [1.807, 2.05) is 39.8 Å². The first-order chi connectivity index (χ1) is 15.1. The van der Waals surface area contributed by atoms with Crippen LogP contribution in [0.3, 0.4) is 0 Å². The molecule has 2 saturated carbocycles. The van der Waals surface area contributed by atoms with Crippen LogP contribution in [0.1, 0.15) is 96.6 Å². The molecule has 5 heteroatoms. The SMILES string of the molecule is CCC1CCCCC1.Cc1ccccc1C(=N)C(=O)NC(C(=O)NC1CCC1)C(C)(C)C. The first-order valence-electron chi connectivity index (χ1n) is 12.4. The highest BCUT2D eigenvalue weighted by Crippen LogP contribution is 2.25. The van der Waals surface area contributed by atoms with Crippen LogP contribution in [-0.2, 0) is 9.59 Å². The summed E-state index contributed by atoms with van der Waals surface area (Å²) in [5.41, 5.74) is 0.903. The van der Waals surface area contributed by atoms with Gasteiger partial charge >= 0.3 is 0 Å². The van der Waals surface area contributed by atoms with E-state index < -0.39 is 17.4 Å². The van der Waals surface area contributed by atoms with E-state index in [-0.39, 0.29) is 17.7 Å². The molecule has 2 aliphatic rings. The van der Waals surface area contributed by atoms with Gasteiger partial charge in [-0.15, -0.1) is 0 Å². The average Bonchev–Trinajstić information content (AvgIpc) is 2.74. The molecule has 3 rings (SSSR count). The Labute approximate surface area is 194 Å². The lowest BCUT2D eigenvalue weighted by Gasteiger charge is -2.34. The van der Waals surface area contributed by atoms with Crippen LogP contribution < -0.4 is 10.6 Å². The fourth-order valence-corrected chi connectivity index (χ4v) is 4.29. The molecule has 2 aliphatic carbocycles. The highest BCUT2D eigenvalue weighted by molar-refractivity contribution is 6.44. The fourth-order valence-electron chi connectivity index (χ4n) is 4.29. The van der Waals surface area contributed by atoms with Crippen molar-refractivity contribution >= 4 is 17.5 Å². The van der Waals surface area contributed by atoms with Crippen molar-refractivity contribution in [3.8, 4) is 0 Å². The largest absolute Gasteiger partial charge is 0.352 e. The van der Waals surface area contributed by atoms with Crippen molar-refractivity contribution < 1.29 is 9.59 Å². The summed E-state index contributed by atoms with van der Waals surface area (Å²) in [5, 5.41) is 13.9. The minimum absolute atomic E-state index is 0.112. The molecule has 0 spiro atoms. The zero-order chi connectivity index (χ0) is 23.7. The second-order valence-corrected chi connectivity index (χ2v) is 10.5. The lowest BCUT2D eigenvalue weighted by molar-refractivity contribution is -0.130. The minimum atomic E-state index is -0.671. The minimum Gasteiger partial charge on any atom is -0.352 e. The predicted octanol–water partition coefficient (Wildman–Crippen LogP) is 5.54. The number of benzene rings is 1. The molecule has 0 heterocycles. The smallest absolute Gasteiger partial charge is 0.270 e. The molecule has 5 nitrogen and oxygen atoms in total. The Morgan fingerprint density at radius 2 is 1.66 bits per heavy atom. The maximum atomic E-state index is 12.6. The summed E-state index contributed by atoms with van der Waals surface area (Å²) in [4.78, 5) is 25.1. The molecule has 1 aromatic carbocycles. The summed E-state index contributed by atoms with van der Waals surface area (Å²) in [6, 6.07) is 6.83. The van der Waals surface area contributed by atoms with Crippen molar-refractivity contribution in [1.82, 2.24) is 10.6 Å². The quantitative estimate of drug-likeness (QED) is 0.507. The summed E-state index contributed by atoms with van der Waals surface area (Å²) in [6.45, 7) is 9.92. The zero-order valence-corrected chi connectivity index (χ0v) is 20.7. The van der Waals surface area contributed by atoms with Crippen LogP contribution in [0.25, 0.3) is 0 Å². The Morgan fingerprint density at radius 1 is 1.03 bits per heavy atom. The van der Waals surface area contributed by atoms with Crippen molar-refractivity contribution in [3.63, 3.8) is 0 Å². The van der Waals surface area contributed by atoms with E-state index in [1.165, 1.54) is 38.5 Å². The Balaban J connectivity index is 0.000000380. The van der Waals surface area contributed by atoms with Crippen LogP contribution in [0.5, 0.6) is 0 Å². The summed E-state index contributed by atoms with van der Waals surface area (Å²) >= 11 is 0. The molecule has 32 heavy (non-hydrogen) atoms.